The van der Waals surface area contributed by atoms with E-state index in [1.165, 1.54) is 56.7 Å². The average Bonchev–Trinajstić information content (AvgIpc) is 2.97. The molecule has 1 saturated carbocycles. The third-order valence-electron chi connectivity index (χ3n) is 5.33. The molecule has 0 bridgehead atoms. The Morgan fingerprint density at radius 2 is 1.69 bits per heavy atom. The van der Waals surface area contributed by atoms with Crippen LogP contribution < -0.4 is 10.0 Å². The Bertz CT molecular complexity index is 924. The minimum absolute atomic E-state index is 0.163. The highest BCUT2D eigenvalue weighted by Gasteiger charge is 2.17. The fourth-order valence-electron chi connectivity index (χ4n) is 3.71. The molecule has 0 aliphatic heterocycles. The zero-order valence-electron chi connectivity index (χ0n) is 16.4. The molecule has 29 heavy (non-hydrogen) atoms. The van der Waals surface area contributed by atoms with Gasteiger partial charge in [-0.25, -0.2) is 8.42 Å². The molecule has 2 aromatic carbocycles. The molecule has 2 aromatic rings. The number of sulfonamides is 1. The summed E-state index contributed by atoms with van der Waals surface area (Å²) in [5, 5.41) is 3.15. The zero-order chi connectivity index (χ0) is 20.7. The van der Waals surface area contributed by atoms with Gasteiger partial charge < -0.3 is 5.32 Å². The molecule has 2 N–H and O–H groups in total. The molecule has 0 atom stereocenters. The highest BCUT2D eigenvalue weighted by Crippen LogP contribution is 2.26. The number of rotatable bonds is 7. The summed E-state index contributed by atoms with van der Waals surface area (Å²) in [6.45, 7) is 0.627. The third-order valence-corrected chi connectivity index (χ3v) is 7.04. The maximum absolute atomic E-state index is 12.5. The van der Waals surface area contributed by atoms with Crippen molar-refractivity contribution in [2.75, 3.05) is 11.3 Å². The second kappa shape index (κ2) is 10.1. The molecule has 1 aliphatic carbocycles. The maximum Gasteiger partial charge on any atom is 0.261 e. The van der Waals surface area contributed by atoms with Gasteiger partial charge in [-0.1, -0.05) is 68.3 Å². The summed E-state index contributed by atoms with van der Waals surface area (Å²) in [6.07, 6.45) is 8.67. The quantitative estimate of drug-likeness (QED) is 0.585. The van der Waals surface area contributed by atoms with Gasteiger partial charge in [0.15, 0.2) is 0 Å². The number of benzene rings is 2. The topological polar surface area (TPSA) is 75.3 Å². The molecule has 0 heterocycles. The van der Waals surface area contributed by atoms with Gasteiger partial charge in [-0.3, -0.25) is 9.52 Å². The summed E-state index contributed by atoms with van der Waals surface area (Å²) < 4.78 is 27.3. The Morgan fingerprint density at radius 3 is 2.34 bits per heavy atom. The van der Waals surface area contributed by atoms with Crippen LogP contribution in [-0.4, -0.2) is 20.9 Å². The number of carbonyl (C=O) groups is 1. The summed E-state index contributed by atoms with van der Waals surface area (Å²) in [5.41, 5.74) is 0.657. The molecule has 0 aromatic heterocycles. The fourth-order valence-corrected chi connectivity index (χ4v) is 5.05. The first-order valence-corrected chi connectivity index (χ1v) is 12.0. The van der Waals surface area contributed by atoms with Gasteiger partial charge in [0, 0.05) is 6.54 Å². The van der Waals surface area contributed by atoms with Crippen LogP contribution in [0.15, 0.2) is 53.4 Å². The van der Waals surface area contributed by atoms with E-state index in [4.69, 9.17) is 11.6 Å². The molecule has 7 heteroatoms. The largest absolute Gasteiger partial charge is 0.352 e. The van der Waals surface area contributed by atoms with Gasteiger partial charge in [0.1, 0.15) is 0 Å². The van der Waals surface area contributed by atoms with Crippen molar-refractivity contribution in [2.24, 2.45) is 5.92 Å². The number of carbonyl (C=O) groups excluding carboxylic acids is 1. The van der Waals surface area contributed by atoms with Gasteiger partial charge in [-0.15, -0.1) is 0 Å². The highest BCUT2D eigenvalue weighted by atomic mass is 35.5. The van der Waals surface area contributed by atoms with E-state index in [0.717, 1.165) is 6.42 Å². The number of anilines is 1. The number of amides is 1. The molecule has 1 aliphatic rings. The van der Waals surface area contributed by atoms with Gasteiger partial charge in [0.2, 0.25) is 0 Å². The van der Waals surface area contributed by atoms with E-state index in [9.17, 15) is 13.2 Å². The van der Waals surface area contributed by atoms with Gasteiger partial charge >= 0.3 is 0 Å². The van der Waals surface area contributed by atoms with E-state index in [2.05, 4.69) is 10.0 Å². The van der Waals surface area contributed by atoms with Crippen LogP contribution in [-0.2, 0) is 10.0 Å². The molecule has 5 nitrogen and oxygen atoms in total. The monoisotopic (exact) mass is 434 g/mol. The van der Waals surface area contributed by atoms with Crippen LogP contribution >= 0.6 is 11.6 Å². The van der Waals surface area contributed by atoms with Crippen molar-refractivity contribution in [1.29, 1.82) is 0 Å². The molecule has 156 valence electrons. The van der Waals surface area contributed by atoms with Crippen molar-refractivity contribution in [3.63, 3.8) is 0 Å². The van der Waals surface area contributed by atoms with E-state index in [1.54, 1.807) is 30.3 Å². The number of halogens is 1. The molecule has 1 amide bonds. The summed E-state index contributed by atoms with van der Waals surface area (Å²) in [5.74, 6) is 0.448. The minimum Gasteiger partial charge on any atom is -0.352 e. The fraction of sp³-hybridized carbons (Fsp3) is 0.409. The van der Waals surface area contributed by atoms with Crippen molar-refractivity contribution >= 4 is 33.2 Å². The Hall–Kier alpha value is -2.05. The van der Waals surface area contributed by atoms with E-state index < -0.39 is 10.0 Å². The molecule has 0 spiro atoms. The van der Waals surface area contributed by atoms with Crippen LogP contribution in [0.25, 0.3) is 0 Å². The third kappa shape index (κ3) is 6.21. The lowest BCUT2D eigenvalue weighted by atomic mass is 9.97. The standard InChI is InChI=1S/C22H27ClN2O3S/c23-21-16-18(25-29(27,28)19-10-6-3-7-11-19)12-13-20(21)22(26)24-15-14-17-8-4-1-2-5-9-17/h3,6-7,10-13,16-17,25H,1-2,4-5,8-9,14-15H2,(H,24,26). The van der Waals surface area contributed by atoms with Crippen molar-refractivity contribution in [1.82, 2.24) is 5.32 Å². The second-order valence-corrected chi connectivity index (χ2v) is 9.60. The Labute approximate surface area is 177 Å². The predicted molar refractivity (Wildman–Crippen MR) is 117 cm³/mol. The SMILES string of the molecule is O=C(NCCC1CCCCCC1)c1ccc(NS(=O)(=O)c2ccccc2)cc1Cl. The van der Waals surface area contributed by atoms with Crippen molar-refractivity contribution in [3.8, 4) is 0 Å². The number of nitrogens with one attached hydrogen (secondary N) is 2. The lowest BCUT2D eigenvalue weighted by Crippen LogP contribution is -2.26. The smallest absolute Gasteiger partial charge is 0.261 e. The minimum atomic E-state index is -3.70. The first-order valence-electron chi connectivity index (χ1n) is 10.1. The molecule has 0 saturated heterocycles. The molecule has 0 radical (unpaired) electrons. The number of hydrogen-bond acceptors (Lipinski definition) is 3. The van der Waals surface area contributed by atoms with Crippen molar-refractivity contribution in [3.05, 3.63) is 59.1 Å². The van der Waals surface area contributed by atoms with E-state index in [-0.39, 0.29) is 15.8 Å². The van der Waals surface area contributed by atoms with Gasteiger partial charge in [-0.2, -0.15) is 0 Å². The normalized spacial score (nSPS) is 15.5. The van der Waals surface area contributed by atoms with Crippen LogP contribution in [0.3, 0.4) is 0 Å². The molecular weight excluding hydrogens is 408 g/mol. The van der Waals surface area contributed by atoms with Crippen LogP contribution in [0.5, 0.6) is 0 Å². The highest BCUT2D eigenvalue weighted by molar-refractivity contribution is 7.92. The van der Waals surface area contributed by atoms with Crippen LogP contribution in [0.1, 0.15) is 55.3 Å². The van der Waals surface area contributed by atoms with Crippen LogP contribution in [0.2, 0.25) is 5.02 Å². The summed E-state index contributed by atoms with van der Waals surface area (Å²) in [4.78, 5) is 12.6. The van der Waals surface area contributed by atoms with E-state index in [0.29, 0.717) is 23.7 Å². The van der Waals surface area contributed by atoms with Gasteiger partial charge in [0.05, 0.1) is 21.2 Å². The van der Waals surface area contributed by atoms with Crippen molar-refractivity contribution in [2.45, 2.75) is 49.8 Å². The van der Waals surface area contributed by atoms with E-state index in [1.807, 2.05) is 0 Å². The Kier molecular flexibility index (Phi) is 7.56. The number of hydrogen-bond donors (Lipinski definition) is 2. The summed E-state index contributed by atoms with van der Waals surface area (Å²) in [6, 6.07) is 12.6. The Morgan fingerprint density at radius 1 is 1.00 bits per heavy atom. The first kappa shape index (κ1) is 21.7. The van der Waals surface area contributed by atoms with Gasteiger partial charge in [0.25, 0.3) is 15.9 Å². The zero-order valence-corrected chi connectivity index (χ0v) is 17.9. The first-order chi connectivity index (χ1) is 14.0. The summed E-state index contributed by atoms with van der Waals surface area (Å²) >= 11 is 6.25. The van der Waals surface area contributed by atoms with Crippen molar-refractivity contribution < 1.29 is 13.2 Å². The lowest BCUT2D eigenvalue weighted by Gasteiger charge is -2.15. The molecule has 1 fully saturated rings. The van der Waals surface area contributed by atoms with Crippen LogP contribution in [0, 0.1) is 5.92 Å². The van der Waals surface area contributed by atoms with E-state index >= 15 is 0 Å². The van der Waals surface area contributed by atoms with Crippen LogP contribution in [0.4, 0.5) is 5.69 Å². The molecule has 0 unspecified atom stereocenters. The summed E-state index contributed by atoms with van der Waals surface area (Å²) in [7, 11) is -3.70. The average molecular weight is 435 g/mol. The predicted octanol–water partition coefficient (Wildman–Crippen LogP) is 5.23. The lowest BCUT2D eigenvalue weighted by molar-refractivity contribution is 0.0951. The maximum atomic E-state index is 12.5. The molecular formula is C22H27ClN2O3S. The molecule has 3 rings (SSSR count). The Balaban J connectivity index is 1.58. The van der Waals surface area contributed by atoms with Gasteiger partial charge in [-0.05, 0) is 42.7 Å². The second-order valence-electron chi connectivity index (χ2n) is 7.52.